The Morgan fingerprint density at radius 2 is 1.96 bits per heavy atom. The molecule has 0 amide bonds. The van der Waals surface area contributed by atoms with E-state index in [1.807, 2.05) is 44.2 Å². The standard InChI is InChI=1S/C18H21ClN2O2/c1-13-10-17(18(22)12-20-6-8-23-9-7-20)14(2)21(13)16-5-3-4-15(19)11-16/h3-5,10-11H,6-9,12H2,1-2H3. The van der Waals surface area contributed by atoms with Crippen molar-refractivity contribution in [2.75, 3.05) is 32.8 Å². The molecule has 1 aliphatic rings. The second kappa shape index (κ2) is 6.87. The Morgan fingerprint density at radius 3 is 2.65 bits per heavy atom. The van der Waals surface area contributed by atoms with Crippen LogP contribution >= 0.6 is 11.6 Å². The van der Waals surface area contributed by atoms with E-state index in [1.165, 1.54) is 0 Å². The average molecular weight is 333 g/mol. The maximum atomic E-state index is 12.7. The van der Waals surface area contributed by atoms with Gasteiger partial charge < -0.3 is 9.30 Å². The number of ether oxygens (including phenoxy) is 1. The highest BCUT2D eigenvalue weighted by Crippen LogP contribution is 2.23. The fourth-order valence-electron chi connectivity index (χ4n) is 3.11. The summed E-state index contributed by atoms with van der Waals surface area (Å²) in [5.41, 5.74) is 3.77. The Balaban J connectivity index is 1.86. The Kier molecular flexibility index (Phi) is 4.85. The smallest absolute Gasteiger partial charge is 0.178 e. The van der Waals surface area contributed by atoms with Crippen molar-refractivity contribution in [1.82, 2.24) is 9.47 Å². The summed E-state index contributed by atoms with van der Waals surface area (Å²) >= 11 is 6.10. The molecule has 3 rings (SSSR count). The number of benzene rings is 1. The normalized spacial score (nSPS) is 15.8. The van der Waals surface area contributed by atoms with E-state index in [0.29, 0.717) is 24.8 Å². The van der Waals surface area contributed by atoms with Crippen LogP contribution in [0.25, 0.3) is 5.69 Å². The number of rotatable bonds is 4. The molecule has 4 nitrogen and oxygen atoms in total. The fourth-order valence-corrected chi connectivity index (χ4v) is 3.29. The van der Waals surface area contributed by atoms with Crippen LogP contribution in [0.3, 0.4) is 0 Å². The first-order valence-corrected chi connectivity index (χ1v) is 8.22. The summed E-state index contributed by atoms with van der Waals surface area (Å²) in [6.45, 7) is 7.49. The molecule has 0 spiro atoms. The highest BCUT2D eigenvalue weighted by atomic mass is 35.5. The lowest BCUT2D eigenvalue weighted by Gasteiger charge is -2.25. The van der Waals surface area contributed by atoms with Crippen molar-refractivity contribution in [3.63, 3.8) is 0 Å². The molecule has 5 heteroatoms. The Bertz CT molecular complexity index is 718. The number of carbonyl (C=O) groups is 1. The number of hydrogen-bond donors (Lipinski definition) is 0. The minimum atomic E-state index is 0.160. The number of halogens is 1. The van der Waals surface area contributed by atoms with Gasteiger partial charge in [0.2, 0.25) is 0 Å². The predicted molar refractivity (Wildman–Crippen MR) is 91.8 cm³/mol. The van der Waals surface area contributed by atoms with Gasteiger partial charge >= 0.3 is 0 Å². The van der Waals surface area contributed by atoms with E-state index in [0.717, 1.165) is 35.7 Å². The lowest BCUT2D eigenvalue weighted by Crippen LogP contribution is -2.39. The lowest BCUT2D eigenvalue weighted by molar-refractivity contribution is 0.0371. The van der Waals surface area contributed by atoms with Gasteiger partial charge in [0.25, 0.3) is 0 Å². The first kappa shape index (κ1) is 16.2. The van der Waals surface area contributed by atoms with Gasteiger partial charge in [-0.05, 0) is 38.1 Å². The SMILES string of the molecule is Cc1cc(C(=O)CN2CCOCC2)c(C)n1-c1cccc(Cl)c1. The molecule has 1 aromatic heterocycles. The van der Waals surface area contributed by atoms with Gasteiger partial charge in [-0.25, -0.2) is 0 Å². The summed E-state index contributed by atoms with van der Waals surface area (Å²) in [6.07, 6.45) is 0. The predicted octanol–water partition coefficient (Wildman–Crippen LogP) is 3.26. The van der Waals surface area contributed by atoms with Gasteiger partial charge in [0.1, 0.15) is 0 Å². The molecule has 0 N–H and O–H groups in total. The van der Waals surface area contributed by atoms with Crippen LogP contribution in [0.1, 0.15) is 21.7 Å². The monoisotopic (exact) mass is 332 g/mol. The molecule has 0 unspecified atom stereocenters. The minimum absolute atomic E-state index is 0.160. The summed E-state index contributed by atoms with van der Waals surface area (Å²) in [4.78, 5) is 14.8. The summed E-state index contributed by atoms with van der Waals surface area (Å²) < 4.78 is 7.42. The zero-order valence-electron chi connectivity index (χ0n) is 13.5. The molecule has 1 aliphatic heterocycles. The van der Waals surface area contributed by atoms with Crippen molar-refractivity contribution in [2.45, 2.75) is 13.8 Å². The molecule has 1 fully saturated rings. The second-order valence-electron chi connectivity index (χ2n) is 5.91. The van der Waals surface area contributed by atoms with E-state index in [1.54, 1.807) is 0 Å². The van der Waals surface area contributed by atoms with Gasteiger partial charge in [0.05, 0.1) is 19.8 Å². The van der Waals surface area contributed by atoms with Crippen molar-refractivity contribution in [3.05, 3.63) is 52.3 Å². The third kappa shape index (κ3) is 3.50. The van der Waals surface area contributed by atoms with Crippen molar-refractivity contribution in [2.24, 2.45) is 0 Å². The zero-order chi connectivity index (χ0) is 16.4. The summed E-state index contributed by atoms with van der Waals surface area (Å²) in [6, 6.07) is 9.66. The summed E-state index contributed by atoms with van der Waals surface area (Å²) in [7, 11) is 0. The molecule has 1 saturated heterocycles. The summed E-state index contributed by atoms with van der Waals surface area (Å²) in [5, 5.41) is 0.691. The van der Waals surface area contributed by atoms with E-state index in [-0.39, 0.29) is 5.78 Å². The van der Waals surface area contributed by atoms with Gasteiger partial charge in [-0.2, -0.15) is 0 Å². The fraction of sp³-hybridized carbons (Fsp3) is 0.389. The molecule has 122 valence electrons. The first-order chi connectivity index (χ1) is 11.1. The second-order valence-corrected chi connectivity index (χ2v) is 6.35. The largest absolute Gasteiger partial charge is 0.379 e. The molecule has 23 heavy (non-hydrogen) atoms. The van der Waals surface area contributed by atoms with Gasteiger partial charge in [-0.15, -0.1) is 0 Å². The van der Waals surface area contributed by atoms with Gasteiger partial charge in [0, 0.05) is 40.8 Å². The number of aromatic nitrogens is 1. The number of hydrogen-bond acceptors (Lipinski definition) is 3. The van der Waals surface area contributed by atoms with Gasteiger partial charge in [-0.1, -0.05) is 17.7 Å². The van der Waals surface area contributed by atoms with E-state index in [2.05, 4.69) is 9.47 Å². The van der Waals surface area contributed by atoms with E-state index < -0.39 is 0 Å². The van der Waals surface area contributed by atoms with Crippen LogP contribution in [0.5, 0.6) is 0 Å². The van der Waals surface area contributed by atoms with Crippen LogP contribution in [0.4, 0.5) is 0 Å². The van der Waals surface area contributed by atoms with E-state index in [4.69, 9.17) is 16.3 Å². The molecule has 0 atom stereocenters. The van der Waals surface area contributed by atoms with E-state index >= 15 is 0 Å². The number of ketones is 1. The third-order valence-electron chi connectivity index (χ3n) is 4.27. The number of morpholine rings is 1. The molecule has 0 bridgehead atoms. The molecule has 2 heterocycles. The quantitative estimate of drug-likeness (QED) is 0.806. The number of aryl methyl sites for hydroxylation is 1. The van der Waals surface area contributed by atoms with Crippen LogP contribution in [0.2, 0.25) is 5.02 Å². The van der Waals surface area contributed by atoms with Crippen LogP contribution < -0.4 is 0 Å². The van der Waals surface area contributed by atoms with Crippen molar-refractivity contribution < 1.29 is 9.53 Å². The summed E-state index contributed by atoms with van der Waals surface area (Å²) in [5.74, 6) is 0.160. The topological polar surface area (TPSA) is 34.5 Å². The maximum absolute atomic E-state index is 12.7. The van der Waals surface area contributed by atoms with Crippen LogP contribution in [0, 0.1) is 13.8 Å². The van der Waals surface area contributed by atoms with Gasteiger partial charge in [-0.3, -0.25) is 9.69 Å². The Morgan fingerprint density at radius 1 is 1.22 bits per heavy atom. The lowest BCUT2D eigenvalue weighted by atomic mass is 10.1. The highest BCUT2D eigenvalue weighted by Gasteiger charge is 2.20. The zero-order valence-corrected chi connectivity index (χ0v) is 14.3. The molecule has 0 radical (unpaired) electrons. The minimum Gasteiger partial charge on any atom is -0.379 e. The Hall–Kier alpha value is -1.62. The molecule has 2 aromatic rings. The average Bonchev–Trinajstić information content (AvgIpc) is 2.83. The number of Topliss-reactive ketones (excluding diaryl/α,β-unsaturated/α-hetero) is 1. The highest BCUT2D eigenvalue weighted by molar-refractivity contribution is 6.30. The van der Waals surface area contributed by atoms with Crippen molar-refractivity contribution in [1.29, 1.82) is 0 Å². The van der Waals surface area contributed by atoms with E-state index in [9.17, 15) is 4.79 Å². The van der Waals surface area contributed by atoms with Crippen LogP contribution in [0.15, 0.2) is 30.3 Å². The third-order valence-corrected chi connectivity index (χ3v) is 4.50. The van der Waals surface area contributed by atoms with Crippen LogP contribution in [-0.2, 0) is 4.74 Å². The molecule has 0 saturated carbocycles. The molecular formula is C18H21ClN2O2. The Labute approximate surface area is 141 Å². The molecule has 1 aromatic carbocycles. The molecule has 0 aliphatic carbocycles. The van der Waals surface area contributed by atoms with Crippen molar-refractivity contribution >= 4 is 17.4 Å². The van der Waals surface area contributed by atoms with Crippen LogP contribution in [-0.4, -0.2) is 48.1 Å². The number of nitrogens with zero attached hydrogens (tertiary/aromatic N) is 2. The first-order valence-electron chi connectivity index (χ1n) is 7.84. The van der Waals surface area contributed by atoms with Crippen molar-refractivity contribution in [3.8, 4) is 5.69 Å². The number of carbonyl (C=O) groups excluding carboxylic acids is 1. The molecular weight excluding hydrogens is 312 g/mol. The van der Waals surface area contributed by atoms with Gasteiger partial charge in [0.15, 0.2) is 5.78 Å². The maximum Gasteiger partial charge on any atom is 0.178 e.